The van der Waals surface area contributed by atoms with Crippen molar-refractivity contribution >= 4 is 23.6 Å². The lowest BCUT2D eigenvalue weighted by Gasteiger charge is -2.25. The number of hydrogen-bond donors (Lipinski definition) is 1. The summed E-state index contributed by atoms with van der Waals surface area (Å²) in [6.07, 6.45) is 2.77. The van der Waals surface area contributed by atoms with Gasteiger partial charge in [0.1, 0.15) is 0 Å². The van der Waals surface area contributed by atoms with E-state index in [0.717, 1.165) is 57.7 Å². The van der Waals surface area contributed by atoms with Crippen molar-refractivity contribution in [3.8, 4) is 0 Å². The molecule has 1 aliphatic heterocycles. The molecule has 0 aromatic carbocycles. The molecular formula is C17H33N3O3S. The van der Waals surface area contributed by atoms with Gasteiger partial charge in [0.25, 0.3) is 0 Å². The minimum Gasteiger partial charge on any atom is -0.480 e. The highest BCUT2D eigenvalue weighted by molar-refractivity contribution is 7.99. The number of likely N-dealkylation sites (tertiary alicyclic amines) is 1. The molecule has 1 N–H and O–H groups in total. The van der Waals surface area contributed by atoms with E-state index in [-0.39, 0.29) is 18.5 Å². The van der Waals surface area contributed by atoms with Crippen LogP contribution in [0.1, 0.15) is 33.1 Å². The van der Waals surface area contributed by atoms with Crippen LogP contribution in [0.25, 0.3) is 0 Å². The van der Waals surface area contributed by atoms with Crippen LogP contribution in [0.5, 0.6) is 0 Å². The van der Waals surface area contributed by atoms with E-state index < -0.39 is 5.97 Å². The number of carbonyl (C=O) groups is 2. The molecule has 0 aromatic rings. The van der Waals surface area contributed by atoms with Gasteiger partial charge in [0.05, 0.1) is 12.3 Å². The smallest absolute Gasteiger partial charge is 0.317 e. The number of hydrogen-bond acceptors (Lipinski definition) is 5. The fraction of sp³-hybridized carbons (Fsp3) is 0.882. The third-order valence-electron chi connectivity index (χ3n) is 4.73. The molecule has 24 heavy (non-hydrogen) atoms. The molecule has 0 spiro atoms. The molecule has 0 aromatic heterocycles. The Bertz CT molecular complexity index is 391. The molecular weight excluding hydrogens is 326 g/mol. The molecule has 0 saturated carbocycles. The molecule has 140 valence electrons. The average Bonchev–Trinajstić information content (AvgIpc) is 2.80. The number of rotatable bonds is 10. The Morgan fingerprint density at radius 3 is 2.54 bits per heavy atom. The van der Waals surface area contributed by atoms with Crippen molar-refractivity contribution < 1.29 is 14.7 Å². The van der Waals surface area contributed by atoms with Gasteiger partial charge in [-0.15, -0.1) is 0 Å². The standard InChI is InChI=1S/C17H33N3O3S/c1-4-19(5-2)11-12-24-14-16(21)20-9-6-7-15(8-10-20)18(3)13-17(22)23/h15H,4-14H2,1-3H3,(H,22,23). The molecule has 1 aliphatic rings. The summed E-state index contributed by atoms with van der Waals surface area (Å²) in [5.41, 5.74) is 0. The van der Waals surface area contributed by atoms with E-state index in [4.69, 9.17) is 5.11 Å². The number of aliphatic carboxylic acids is 1. The lowest BCUT2D eigenvalue weighted by molar-refractivity contribution is -0.138. The average molecular weight is 360 g/mol. The molecule has 1 unspecified atom stereocenters. The SMILES string of the molecule is CCN(CC)CCSCC(=O)N1CCCC(N(C)CC(=O)O)CC1. The Labute approximate surface area is 150 Å². The van der Waals surface area contributed by atoms with Crippen molar-refractivity contribution in [2.75, 3.05) is 57.8 Å². The largest absolute Gasteiger partial charge is 0.480 e. The Hall–Kier alpha value is -0.790. The molecule has 0 aliphatic carbocycles. The Morgan fingerprint density at radius 2 is 1.92 bits per heavy atom. The third kappa shape index (κ3) is 7.85. The molecule has 1 amide bonds. The first-order valence-electron chi connectivity index (χ1n) is 8.97. The van der Waals surface area contributed by atoms with Crippen molar-refractivity contribution in [2.24, 2.45) is 0 Å². The van der Waals surface area contributed by atoms with Crippen LogP contribution in [0.3, 0.4) is 0 Å². The summed E-state index contributed by atoms with van der Waals surface area (Å²) in [5.74, 6) is 0.975. The Morgan fingerprint density at radius 1 is 1.21 bits per heavy atom. The summed E-state index contributed by atoms with van der Waals surface area (Å²) in [6.45, 7) is 9.08. The van der Waals surface area contributed by atoms with E-state index in [1.807, 2.05) is 16.8 Å². The van der Waals surface area contributed by atoms with Crippen molar-refractivity contribution in [2.45, 2.75) is 39.2 Å². The maximum Gasteiger partial charge on any atom is 0.317 e. The number of nitrogens with zero attached hydrogens (tertiary/aromatic N) is 3. The van der Waals surface area contributed by atoms with Crippen molar-refractivity contribution in [1.82, 2.24) is 14.7 Å². The maximum absolute atomic E-state index is 12.4. The van der Waals surface area contributed by atoms with E-state index in [1.165, 1.54) is 0 Å². The zero-order chi connectivity index (χ0) is 17.9. The van der Waals surface area contributed by atoms with Crippen LogP contribution in [0.2, 0.25) is 0 Å². The normalized spacial score (nSPS) is 18.9. The van der Waals surface area contributed by atoms with Gasteiger partial charge in [0.2, 0.25) is 5.91 Å². The highest BCUT2D eigenvalue weighted by Gasteiger charge is 2.23. The summed E-state index contributed by atoms with van der Waals surface area (Å²) in [4.78, 5) is 29.4. The molecule has 1 fully saturated rings. The van der Waals surface area contributed by atoms with Gasteiger partial charge in [0, 0.05) is 31.4 Å². The van der Waals surface area contributed by atoms with Gasteiger partial charge in [0.15, 0.2) is 0 Å². The summed E-state index contributed by atoms with van der Waals surface area (Å²) in [7, 11) is 1.86. The highest BCUT2D eigenvalue weighted by Crippen LogP contribution is 2.16. The van der Waals surface area contributed by atoms with Crippen LogP contribution in [0, 0.1) is 0 Å². The lowest BCUT2D eigenvalue weighted by atomic mass is 10.1. The number of carboxylic acid groups (broad SMARTS) is 1. The van der Waals surface area contributed by atoms with Gasteiger partial charge >= 0.3 is 5.97 Å². The van der Waals surface area contributed by atoms with Crippen LogP contribution >= 0.6 is 11.8 Å². The summed E-state index contributed by atoms with van der Waals surface area (Å²) >= 11 is 1.72. The van der Waals surface area contributed by atoms with Crippen LogP contribution in [-0.4, -0.2) is 95.5 Å². The maximum atomic E-state index is 12.4. The fourth-order valence-corrected chi connectivity index (χ4v) is 3.98. The lowest BCUT2D eigenvalue weighted by Crippen LogP contribution is -2.38. The fourth-order valence-electron chi connectivity index (χ4n) is 3.10. The quantitative estimate of drug-likeness (QED) is 0.596. The zero-order valence-electron chi connectivity index (χ0n) is 15.4. The number of carboxylic acids is 1. The highest BCUT2D eigenvalue weighted by atomic mass is 32.2. The molecule has 7 heteroatoms. The molecule has 1 heterocycles. The van der Waals surface area contributed by atoms with Gasteiger partial charge in [-0.2, -0.15) is 11.8 Å². The number of carbonyl (C=O) groups excluding carboxylic acids is 1. The van der Waals surface area contributed by atoms with E-state index in [0.29, 0.717) is 5.75 Å². The molecule has 6 nitrogen and oxygen atoms in total. The summed E-state index contributed by atoms with van der Waals surface area (Å²) < 4.78 is 0. The van der Waals surface area contributed by atoms with E-state index in [2.05, 4.69) is 18.7 Å². The summed E-state index contributed by atoms with van der Waals surface area (Å²) in [5, 5.41) is 8.91. The monoisotopic (exact) mass is 359 g/mol. The van der Waals surface area contributed by atoms with E-state index in [1.54, 1.807) is 11.8 Å². The van der Waals surface area contributed by atoms with E-state index in [9.17, 15) is 9.59 Å². The van der Waals surface area contributed by atoms with Crippen LogP contribution in [0.15, 0.2) is 0 Å². The third-order valence-corrected chi connectivity index (χ3v) is 5.65. The number of thioether (sulfide) groups is 1. The number of amides is 1. The van der Waals surface area contributed by atoms with E-state index >= 15 is 0 Å². The van der Waals surface area contributed by atoms with Gasteiger partial charge in [-0.3, -0.25) is 14.5 Å². The van der Waals surface area contributed by atoms with Crippen LogP contribution in [0.4, 0.5) is 0 Å². The Balaban J connectivity index is 2.30. The van der Waals surface area contributed by atoms with Gasteiger partial charge in [-0.05, 0) is 39.4 Å². The second-order valence-corrected chi connectivity index (χ2v) is 7.46. The summed E-state index contributed by atoms with van der Waals surface area (Å²) in [6, 6.07) is 0.259. The first kappa shape index (κ1) is 21.3. The van der Waals surface area contributed by atoms with Gasteiger partial charge < -0.3 is 14.9 Å². The van der Waals surface area contributed by atoms with Crippen molar-refractivity contribution in [1.29, 1.82) is 0 Å². The van der Waals surface area contributed by atoms with Crippen molar-refractivity contribution in [3.05, 3.63) is 0 Å². The molecule has 1 atom stereocenters. The second kappa shape index (κ2) is 11.7. The predicted octanol–water partition coefficient (Wildman–Crippen LogP) is 1.46. The van der Waals surface area contributed by atoms with Gasteiger partial charge in [-0.1, -0.05) is 13.8 Å². The minimum absolute atomic E-state index is 0.0693. The zero-order valence-corrected chi connectivity index (χ0v) is 16.2. The topological polar surface area (TPSA) is 64.1 Å². The Kier molecular flexibility index (Phi) is 10.4. The predicted molar refractivity (Wildman–Crippen MR) is 99.6 cm³/mol. The molecule has 1 saturated heterocycles. The van der Waals surface area contributed by atoms with Gasteiger partial charge in [-0.25, -0.2) is 0 Å². The van der Waals surface area contributed by atoms with Crippen LogP contribution in [-0.2, 0) is 9.59 Å². The van der Waals surface area contributed by atoms with Crippen LogP contribution < -0.4 is 0 Å². The molecule has 0 radical (unpaired) electrons. The van der Waals surface area contributed by atoms with Crippen molar-refractivity contribution in [3.63, 3.8) is 0 Å². The molecule has 0 bridgehead atoms. The first-order chi connectivity index (χ1) is 11.5. The second-order valence-electron chi connectivity index (χ2n) is 6.35. The number of likely N-dealkylation sites (N-methyl/N-ethyl adjacent to an activating group) is 1. The minimum atomic E-state index is -0.792. The first-order valence-corrected chi connectivity index (χ1v) is 10.1. The molecule has 1 rings (SSSR count).